The van der Waals surface area contributed by atoms with Gasteiger partial charge in [0.1, 0.15) is 6.61 Å². The second kappa shape index (κ2) is 6.13. The number of carbonyl (C=O) groups excluding carboxylic acids is 3. The minimum absolute atomic E-state index is 0.0219. The lowest BCUT2D eigenvalue weighted by atomic mass is 9.47. The fourth-order valence-electron chi connectivity index (χ4n) is 6.47. The van der Waals surface area contributed by atoms with E-state index in [-0.39, 0.29) is 18.3 Å². The molecule has 0 heterocycles. The van der Waals surface area contributed by atoms with Gasteiger partial charge in [0.05, 0.1) is 4.87 Å². The predicted octanol–water partition coefficient (Wildman–Crippen LogP) is 2.86. The Bertz CT molecular complexity index is 935. The van der Waals surface area contributed by atoms with E-state index in [9.17, 15) is 24.6 Å². The topological polar surface area (TPSA) is 91.7 Å². The Hall–Kier alpha value is -1.27. The largest absolute Gasteiger partial charge is 0.388 e. The maximum absolute atomic E-state index is 12.6. The summed E-state index contributed by atoms with van der Waals surface area (Å²) in [6, 6.07) is 0. The van der Waals surface area contributed by atoms with Crippen LogP contribution in [0.2, 0.25) is 0 Å². The Morgan fingerprint density at radius 1 is 1.31 bits per heavy atom. The van der Waals surface area contributed by atoms with E-state index in [1.165, 1.54) is 6.08 Å². The summed E-state index contributed by atoms with van der Waals surface area (Å²) >= 11 is 13.9. The van der Waals surface area contributed by atoms with E-state index >= 15 is 0 Å². The van der Waals surface area contributed by atoms with Crippen LogP contribution in [0.4, 0.5) is 0 Å². The summed E-state index contributed by atoms with van der Waals surface area (Å²) in [5.41, 5.74) is -2.58. The number of aliphatic hydroxyl groups excluding tert-OH is 1. The predicted molar refractivity (Wildman–Crippen MR) is 108 cm³/mol. The van der Waals surface area contributed by atoms with Gasteiger partial charge in [-0.3, -0.25) is 14.4 Å². The summed E-state index contributed by atoms with van der Waals surface area (Å²) in [4.78, 5) is 36.0. The Morgan fingerprint density at radius 3 is 2.59 bits per heavy atom. The smallest absolute Gasteiger partial charge is 0.221 e. The lowest BCUT2D eigenvalue weighted by Crippen LogP contribution is -2.63. The fraction of sp³-hybridized carbons (Fsp3) is 0.591. The van der Waals surface area contributed by atoms with Crippen LogP contribution in [0.3, 0.4) is 0 Å². The first-order valence-electron chi connectivity index (χ1n) is 9.77. The molecule has 7 heteroatoms. The van der Waals surface area contributed by atoms with Crippen molar-refractivity contribution in [3.63, 3.8) is 0 Å². The zero-order valence-corrected chi connectivity index (χ0v) is 17.9. The number of ketones is 3. The van der Waals surface area contributed by atoms with Gasteiger partial charge in [0.25, 0.3) is 0 Å². The first-order valence-corrected chi connectivity index (χ1v) is 10.5. The molecule has 0 spiro atoms. The normalized spacial score (nSPS) is 46.5. The first-order chi connectivity index (χ1) is 13.4. The van der Waals surface area contributed by atoms with Crippen LogP contribution in [-0.2, 0) is 14.4 Å². The number of rotatable bonds is 2. The second-order valence-electron chi connectivity index (χ2n) is 9.38. The van der Waals surface area contributed by atoms with E-state index in [0.717, 1.165) is 0 Å². The molecular formula is C22H24Cl2O5. The molecule has 156 valence electrons. The van der Waals surface area contributed by atoms with E-state index in [1.54, 1.807) is 0 Å². The highest BCUT2D eigenvalue weighted by Crippen LogP contribution is 2.71. The Morgan fingerprint density at radius 2 is 1.97 bits per heavy atom. The van der Waals surface area contributed by atoms with Gasteiger partial charge in [-0.05, 0) is 42.4 Å². The van der Waals surface area contributed by atoms with Crippen LogP contribution in [0.25, 0.3) is 0 Å². The van der Waals surface area contributed by atoms with Crippen LogP contribution >= 0.6 is 23.2 Å². The molecule has 0 amide bonds. The molecule has 4 aliphatic rings. The van der Waals surface area contributed by atoms with Gasteiger partial charge in [-0.15, -0.1) is 11.6 Å². The van der Waals surface area contributed by atoms with Crippen molar-refractivity contribution in [3.8, 4) is 0 Å². The van der Waals surface area contributed by atoms with E-state index < -0.39 is 45.3 Å². The molecule has 2 fully saturated rings. The van der Waals surface area contributed by atoms with Gasteiger partial charge in [0, 0.05) is 28.2 Å². The van der Waals surface area contributed by atoms with Crippen LogP contribution in [-0.4, -0.2) is 44.6 Å². The van der Waals surface area contributed by atoms with Crippen molar-refractivity contribution in [1.82, 2.24) is 0 Å². The molecule has 29 heavy (non-hydrogen) atoms. The number of allylic oxidation sites excluding steroid dienone is 4. The molecule has 0 saturated heterocycles. The van der Waals surface area contributed by atoms with Crippen LogP contribution in [0.15, 0.2) is 34.9 Å². The zero-order valence-electron chi connectivity index (χ0n) is 16.4. The molecule has 2 N–H and O–H groups in total. The lowest BCUT2D eigenvalue weighted by molar-refractivity contribution is -0.155. The van der Waals surface area contributed by atoms with Crippen LogP contribution in [0, 0.1) is 22.7 Å². The molecule has 4 rings (SSSR count). The van der Waals surface area contributed by atoms with Crippen LogP contribution in [0.5, 0.6) is 0 Å². The Labute approximate surface area is 179 Å². The van der Waals surface area contributed by atoms with Gasteiger partial charge in [-0.25, -0.2) is 0 Å². The molecule has 0 bridgehead atoms. The number of halogens is 2. The molecule has 0 aliphatic heterocycles. The monoisotopic (exact) mass is 438 g/mol. The second-order valence-corrected chi connectivity index (χ2v) is 10.5. The Balaban J connectivity index is 1.89. The quantitative estimate of drug-likeness (QED) is 0.392. The van der Waals surface area contributed by atoms with E-state index in [0.29, 0.717) is 35.4 Å². The molecule has 0 unspecified atom stereocenters. The van der Waals surface area contributed by atoms with Crippen molar-refractivity contribution in [3.05, 3.63) is 34.9 Å². The number of aliphatic hydroxyl groups is 2. The zero-order chi connectivity index (χ0) is 21.6. The molecule has 0 aromatic carbocycles. The van der Waals surface area contributed by atoms with Gasteiger partial charge < -0.3 is 10.2 Å². The summed E-state index contributed by atoms with van der Waals surface area (Å²) in [6.45, 7) is 6.89. The number of alkyl halides is 1. The molecule has 0 aromatic rings. The fourth-order valence-corrected chi connectivity index (χ4v) is 7.35. The number of Topliss-reactive ketones (excluding diaryl/α,β-unsaturated/α-hetero) is 2. The van der Waals surface area contributed by atoms with E-state index in [1.807, 2.05) is 19.9 Å². The SMILES string of the molecule is C=C1C[C@H]2[C@@H]3C=C(Cl)C4=CC(=O)C(=O)C[C@]4(C)[C@@]3(Cl)CC[C@]2(C)[C@@]1(O)C(=O)CO. The van der Waals surface area contributed by atoms with Crippen molar-refractivity contribution in [2.24, 2.45) is 22.7 Å². The van der Waals surface area contributed by atoms with Gasteiger partial charge in [0.2, 0.25) is 11.6 Å². The summed E-state index contributed by atoms with van der Waals surface area (Å²) in [5, 5.41) is 21.2. The third-order valence-electron chi connectivity index (χ3n) is 8.30. The highest BCUT2D eigenvalue weighted by atomic mass is 35.5. The summed E-state index contributed by atoms with van der Waals surface area (Å²) in [5.74, 6) is -2.30. The summed E-state index contributed by atoms with van der Waals surface area (Å²) in [6.07, 6.45) is 4.28. The summed E-state index contributed by atoms with van der Waals surface area (Å²) in [7, 11) is 0. The third kappa shape index (κ3) is 2.28. The summed E-state index contributed by atoms with van der Waals surface area (Å²) < 4.78 is 0. The maximum Gasteiger partial charge on any atom is 0.221 e. The van der Waals surface area contributed by atoms with Gasteiger partial charge >= 0.3 is 0 Å². The standard InChI is InChI=1S/C22H24Cl2O5/c1-11-6-12-13-7-15(23)14-8-16(26)17(27)9-20(14,3)21(13,24)5-4-19(12,2)22(11,29)18(28)10-25/h7-8,12-13,25,29H,1,4-6,9-10H2,2-3H3/t12-,13-,19-,20-,21+,22-/m0/s1. The highest BCUT2D eigenvalue weighted by molar-refractivity contribution is 6.44. The molecule has 2 saturated carbocycles. The number of hydrogen-bond acceptors (Lipinski definition) is 5. The van der Waals surface area contributed by atoms with Gasteiger partial charge in [0.15, 0.2) is 11.4 Å². The number of fused-ring (bicyclic) bond motifs is 5. The van der Waals surface area contributed by atoms with Crippen molar-refractivity contribution in [2.45, 2.75) is 50.0 Å². The average Bonchev–Trinajstić information content (AvgIpc) is 2.87. The molecule has 5 nitrogen and oxygen atoms in total. The number of hydrogen-bond donors (Lipinski definition) is 2. The van der Waals surface area contributed by atoms with Gasteiger partial charge in [-0.1, -0.05) is 38.1 Å². The first kappa shape index (κ1) is 21.0. The molecule has 0 aromatic heterocycles. The maximum atomic E-state index is 12.6. The Kier molecular flexibility index (Phi) is 4.43. The lowest BCUT2D eigenvalue weighted by Gasteiger charge is -2.61. The van der Waals surface area contributed by atoms with E-state index in [2.05, 4.69) is 6.58 Å². The molecular weight excluding hydrogens is 415 g/mol. The van der Waals surface area contributed by atoms with Crippen LogP contribution in [0.1, 0.15) is 39.5 Å². The molecule has 4 aliphatic carbocycles. The van der Waals surface area contributed by atoms with E-state index in [4.69, 9.17) is 23.2 Å². The molecule has 0 radical (unpaired) electrons. The minimum atomic E-state index is -1.83. The average molecular weight is 439 g/mol. The van der Waals surface area contributed by atoms with Crippen molar-refractivity contribution < 1.29 is 24.6 Å². The van der Waals surface area contributed by atoms with Crippen molar-refractivity contribution in [1.29, 1.82) is 0 Å². The van der Waals surface area contributed by atoms with Crippen molar-refractivity contribution in [2.75, 3.05) is 6.61 Å². The highest BCUT2D eigenvalue weighted by Gasteiger charge is 2.71. The van der Waals surface area contributed by atoms with Crippen molar-refractivity contribution >= 4 is 40.6 Å². The van der Waals surface area contributed by atoms with Crippen LogP contribution < -0.4 is 0 Å². The minimum Gasteiger partial charge on any atom is -0.388 e. The van der Waals surface area contributed by atoms with Gasteiger partial charge in [-0.2, -0.15) is 0 Å². The number of carbonyl (C=O) groups is 3. The molecule has 6 atom stereocenters. The third-order valence-corrected chi connectivity index (χ3v) is 9.49.